The second-order valence-corrected chi connectivity index (χ2v) is 4.31. The minimum atomic E-state index is -0.724. The van der Waals surface area contributed by atoms with Crippen LogP contribution in [0, 0.1) is 15.9 Å². The van der Waals surface area contributed by atoms with Crippen LogP contribution in [0.4, 0.5) is 10.1 Å². The highest BCUT2D eigenvalue weighted by Crippen LogP contribution is 2.30. The van der Waals surface area contributed by atoms with Gasteiger partial charge in [0, 0.05) is 11.6 Å². The molecule has 0 aliphatic rings. The van der Waals surface area contributed by atoms with Crippen molar-refractivity contribution in [3.63, 3.8) is 0 Å². The van der Waals surface area contributed by atoms with Gasteiger partial charge in [-0.1, -0.05) is 6.07 Å². The van der Waals surface area contributed by atoms with E-state index < -0.39 is 10.7 Å². The average Bonchev–Trinajstić information content (AvgIpc) is 2.53. The molecule has 0 aliphatic heterocycles. The van der Waals surface area contributed by atoms with Gasteiger partial charge in [-0.15, -0.1) is 0 Å². The summed E-state index contributed by atoms with van der Waals surface area (Å²) in [6.07, 6.45) is 0.647. The van der Waals surface area contributed by atoms with Gasteiger partial charge in [0.1, 0.15) is 24.3 Å². The smallest absolute Gasteiger partial charge is 0.278 e. The molecule has 2 aromatic carbocycles. The molecule has 7 heteroatoms. The Morgan fingerprint density at radius 1 is 1.27 bits per heavy atom. The average molecular weight is 305 g/mol. The van der Waals surface area contributed by atoms with Gasteiger partial charge in [-0.2, -0.15) is 0 Å². The molecule has 0 bridgehead atoms. The number of nitrogens with zero attached hydrogens (tertiary/aromatic N) is 1. The Morgan fingerprint density at radius 3 is 2.68 bits per heavy atom. The normalized spacial score (nSPS) is 10.1. The van der Waals surface area contributed by atoms with Gasteiger partial charge in [-0.3, -0.25) is 14.9 Å². The van der Waals surface area contributed by atoms with E-state index in [1.54, 1.807) is 0 Å². The maximum absolute atomic E-state index is 13.8. The molecule has 0 unspecified atom stereocenters. The molecule has 0 N–H and O–H groups in total. The van der Waals surface area contributed by atoms with Crippen molar-refractivity contribution in [2.24, 2.45) is 0 Å². The first-order valence-corrected chi connectivity index (χ1v) is 6.24. The first-order chi connectivity index (χ1) is 10.6. The van der Waals surface area contributed by atoms with Crippen LogP contribution in [0.3, 0.4) is 0 Å². The third-order valence-electron chi connectivity index (χ3n) is 2.99. The second kappa shape index (κ2) is 6.66. The van der Waals surface area contributed by atoms with E-state index in [4.69, 9.17) is 9.47 Å². The molecular formula is C15H12FNO5. The Morgan fingerprint density at radius 2 is 2.05 bits per heavy atom. The van der Waals surface area contributed by atoms with Crippen molar-refractivity contribution in [2.75, 3.05) is 7.11 Å². The lowest BCUT2D eigenvalue weighted by atomic mass is 10.2. The number of rotatable bonds is 6. The van der Waals surface area contributed by atoms with Crippen LogP contribution in [0.25, 0.3) is 0 Å². The van der Waals surface area contributed by atoms with Crippen LogP contribution < -0.4 is 9.47 Å². The van der Waals surface area contributed by atoms with Crippen molar-refractivity contribution >= 4 is 12.0 Å². The minimum Gasteiger partial charge on any atom is -0.493 e. The van der Waals surface area contributed by atoms with E-state index in [9.17, 15) is 19.3 Å². The summed E-state index contributed by atoms with van der Waals surface area (Å²) in [7, 11) is 1.39. The highest BCUT2D eigenvalue weighted by molar-refractivity contribution is 5.76. The summed E-state index contributed by atoms with van der Waals surface area (Å²) in [6, 6.07) is 8.03. The second-order valence-electron chi connectivity index (χ2n) is 4.31. The molecule has 0 aliphatic carbocycles. The number of benzene rings is 2. The maximum atomic E-state index is 13.8. The van der Waals surface area contributed by atoms with Gasteiger partial charge in [-0.05, 0) is 24.3 Å². The van der Waals surface area contributed by atoms with E-state index in [-0.39, 0.29) is 29.4 Å². The highest BCUT2D eigenvalue weighted by atomic mass is 19.1. The van der Waals surface area contributed by atoms with Crippen LogP contribution in [-0.2, 0) is 6.61 Å². The van der Waals surface area contributed by atoms with Crippen molar-refractivity contribution in [3.8, 4) is 11.5 Å². The van der Waals surface area contributed by atoms with Crippen molar-refractivity contribution < 1.29 is 23.6 Å². The van der Waals surface area contributed by atoms with E-state index in [1.807, 2.05) is 0 Å². The van der Waals surface area contributed by atoms with Crippen LogP contribution in [0.5, 0.6) is 11.5 Å². The van der Waals surface area contributed by atoms with Crippen LogP contribution in [0.2, 0.25) is 0 Å². The van der Waals surface area contributed by atoms with Gasteiger partial charge in [0.2, 0.25) is 0 Å². The zero-order valence-corrected chi connectivity index (χ0v) is 11.6. The Labute approximate surface area is 125 Å². The molecule has 2 aromatic rings. The van der Waals surface area contributed by atoms with E-state index in [0.717, 1.165) is 6.07 Å². The van der Waals surface area contributed by atoms with E-state index >= 15 is 0 Å². The molecule has 22 heavy (non-hydrogen) atoms. The third-order valence-corrected chi connectivity index (χ3v) is 2.99. The molecule has 2 rings (SSSR count). The lowest BCUT2D eigenvalue weighted by Crippen LogP contribution is -2.04. The molecule has 0 heterocycles. The fourth-order valence-corrected chi connectivity index (χ4v) is 1.89. The SMILES string of the molecule is COc1cc(C=O)ccc1OCc1c(F)cccc1[N+](=O)[O-]. The molecule has 0 fully saturated rings. The zero-order chi connectivity index (χ0) is 16.1. The molecule has 0 saturated carbocycles. The lowest BCUT2D eigenvalue weighted by molar-refractivity contribution is -0.386. The predicted molar refractivity (Wildman–Crippen MR) is 75.8 cm³/mol. The number of hydrogen-bond acceptors (Lipinski definition) is 5. The van der Waals surface area contributed by atoms with Gasteiger partial charge >= 0.3 is 0 Å². The molecule has 0 radical (unpaired) electrons. The zero-order valence-electron chi connectivity index (χ0n) is 11.6. The van der Waals surface area contributed by atoms with Gasteiger partial charge in [-0.25, -0.2) is 4.39 Å². The van der Waals surface area contributed by atoms with Crippen LogP contribution >= 0.6 is 0 Å². The van der Waals surface area contributed by atoms with Crippen molar-refractivity contribution in [1.29, 1.82) is 0 Å². The summed E-state index contributed by atoms with van der Waals surface area (Å²) >= 11 is 0. The maximum Gasteiger partial charge on any atom is 0.278 e. The minimum absolute atomic E-state index is 0.158. The predicted octanol–water partition coefficient (Wildman–Crippen LogP) is 3.13. The number of nitro benzene ring substituents is 1. The van der Waals surface area contributed by atoms with Crippen molar-refractivity contribution in [3.05, 3.63) is 63.5 Å². The molecule has 0 atom stereocenters. The van der Waals surface area contributed by atoms with E-state index in [1.165, 1.54) is 37.4 Å². The number of carbonyl (C=O) groups excluding carboxylic acids is 1. The Balaban J connectivity index is 2.27. The molecule has 0 amide bonds. The first kappa shape index (κ1) is 15.4. The largest absolute Gasteiger partial charge is 0.493 e. The summed E-state index contributed by atoms with van der Waals surface area (Å²) in [6.45, 7) is -0.334. The third kappa shape index (κ3) is 3.20. The van der Waals surface area contributed by atoms with Crippen molar-refractivity contribution in [2.45, 2.75) is 6.61 Å². The fraction of sp³-hybridized carbons (Fsp3) is 0.133. The van der Waals surface area contributed by atoms with Crippen LogP contribution in [0.1, 0.15) is 15.9 Å². The molecule has 0 saturated heterocycles. The molecule has 0 aromatic heterocycles. The number of nitro groups is 1. The fourth-order valence-electron chi connectivity index (χ4n) is 1.89. The summed E-state index contributed by atoms with van der Waals surface area (Å²) in [4.78, 5) is 20.9. The number of methoxy groups -OCH3 is 1. The van der Waals surface area contributed by atoms with Gasteiger partial charge < -0.3 is 9.47 Å². The Kier molecular flexibility index (Phi) is 4.67. The monoisotopic (exact) mass is 305 g/mol. The topological polar surface area (TPSA) is 78.7 Å². The van der Waals surface area contributed by atoms with Crippen LogP contribution in [0.15, 0.2) is 36.4 Å². The lowest BCUT2D eigenvalue weighted by Gasteiger charge is -2.11. The summed E-state index contributed by atoms with van der Waals surface area (Å²) in [5, 5.41) is 10.9. The molecule has 114 valence electrons. The van der Waals surface area contributed by atoms with Gasteiger partial charge in [0.15, 0.2) is 11.5 Å². The highest BCUT2D eigenvalue weighted by Gasteiger charge is 2.19. The molecule has 0 spiro atoms. The van der Waals surface area contributed by atoms with Gasteiger partial charge in [0.25, 0.3) is 5.69 Å². The first-order valence-electron chi connectivity index (χ1n) is 6.24. The van der Waals surface area contributed by atoms with Gasteiger partial charge in [0.05, 0.1) is 12.0 Å². The van der Waals surface area contributed by atoms with E-state index in [0.29, 0.717) is 11.8 Å². The summed E-state index contributed by atoms with van der Waals surface area (Å²) < 4.78 is 24.2. The van der Waals surface area contributed by atoms with Crippen LogP contribution in [-0.4, -0.2) is 18.3 Å². The van der Waals surface area contributed by atoms with Crippen molar-refractivity contribution in [1.82, 2.24) is 0 Å². The summed E-state index contributed by atoms with van der Waals surface area (Å²) in [5.41, 5.74) is -0.126. The van der Waals surface area contributed by atoms with E-state index in [2.05, 4.69) is 0 Å². The standard InChI is InChI=1S/C15H12FNO5/c1-21-15-7-10(8-18)5-6-14(15)22-9-11-12(16)3-2-4-13(11)17(19)20/h2-8H,9H2,1H3. The number of hydrogen-bond donors (Lipinski definition) is 0. The number of carbonyl (C=O) groups is 1. The number of halogens is 1. The molecule has 6 nitrogen and oxygen atoms in total. The Bertz CT molecular complexity index is 717. The summed E-state index contributed by atoms with van der Waals surface area (Å²) in [5.74, 6) is -0.188. The number of aldehydes is 1. The Hall–Kier alpha value is -2.96. The number of ether oxygens (including phenoxy) is 2. The molecular weight excluding hydrogens is 293 g/mol. The quantitative estimate of drug-likeness (QED) is 0.465.